The molecule has 2 N–H and O–H groups in total. The number of nitrogens with two attached hydrogens (primary N) is 1. The molecule has 4 nitrogen and oxygen atoms in total. The second kappa shape index (κ2) is 3.86. The molecule has 0 aliphatic carbocycles. The molecule has 0 radical (unpaired) electrons. The zero-order valence-corrected chi connectivity index (χ0v) is 9.34. The Hall–Kier alpha value is -1.62. The predicted molar refractivity (Wildman–Crippen MR) is 61.0 cm³/mol. The second-order valence-electron chi connectivity index (χ2n) is 3.09. The quantitative estimate of drug-likeness (QED) is 0.789. The summed E-state index contributed by atoms with van der Waals surface area (Å²) in [6.07, 6.45) is 0. The van der Waals surface area contributed by atoms with Gasteiger partial charge in [-0.15, -0.1) is 10.2 Å². The highest BCUT2D eigenvalue weighted by Crippen LogP contribution is 2.33. The molecule has 2 rings (SSSR count). The summed E-state index contributed by atoms with van der Waals surface area (Å²) in [5.41, 5.74) is 7.31. The van der Waals surface area contributed by atoms with Crippen LogP contribution in [-0.4, -0.2) is 17.3 Å². The summed E-state index contributed by atoms with van der Waals surface area (Å²) in [5.74, 6) is 0.764. The van der Waals surface area contributed by atoms with E-state index in [0.717, 1.165) is 21.3 Å². The molecule has 0 bridgehead atoms. The van der Waals surface area contributed by atoms with Gasteiger partial charge in [-0.1, -0.05) is 11.3 Å². The lowest BCUT2D eigenvalue weighted by molar-refractivity contribution is 0.416. The van der Waals surface area contributed by atoms with Gasteiger partial charge < -0.3 is 10.5 Å². The highest BCUT2D eigenvalue weighted by atomic mass is 32.1. The normalized spacial score (nSPS) is 10.3. The molecule has 0 saturated carbocycles. The smallest absolute Gasteiger partial charge is 0.151 e. The van der Waals surface area contributed by atoms with Crippen molar-refractivity contribution in [2.45, 2.75) is 6.92 Å². The third kappa shape index (κ3) is 1.92. The van der Waals surface area contributed by atoms with E-state index in [4.69, 9.17) is 10.5 Å². The van der Waals surface area contributed by atoms with E-state index in [2.05, 4.69) is 10.2 Å². The van der Waals surface area contributed by atoms with E-state index in [9.17, 15) is 0 Å². The van der Waals surface area contributed by atoms with Crippen LogP contribution in [0.25, 0.3) is 10.6 Å². The molecular weight excluding hydrogens is 210 g/mol. The molecule has 0 atom stereocenters. The van der Waals surface area contributed by atoms with Crippen LogP contribution in [0.4, 0.5) is 5.69 Å². The second-order valence-corrected chi connectivity index (χ2v) is 4.27. The molecule has 0 amide bonds. The van der Waals surface area contributed by atoms with E-state index in [0.29, 0.717) is 5.69 Å². The Kier molecular flexibility index (Phi) is 2.55. The largest absolute Gasteiger partial charge is 0.496 e. The van der Waals surface area contributed by atoms with Gasteiger partial charge in [-0.25, -0.2) is 0 Å². The van der Waals surface area contributed by atoms with Crippen molar-refractivity contribution in [3.8, 4) is 16.3 Å². The van der Waals surface area contributed by atoms with E-state index in [1.807, 2.05) is 19.1 Å². The number of hydrogen-bond donors (Lipinski definition) is 1. The standard InChI is InChI=1S/C10H11N3OS/c1-6-12-13-10(15-6)8-5-7(11)3-4-9(8)14-2/h3-5H,11H2,1-2H3. The van der Waals surface area contributed by atoms with Gasteiger partial charge in [0.2, 0.25) is 0 Å². The highest BCUT2D eigenvalue weighted by Gasteiger charge is 2.10. The molecule has 0 spiro atoms. The van der Waals surface area contributed by atoms with Crippen molar-refractivity contribution >= 4 is 17.0 Å². The third-order valence-electron chi connectivity index (χ3n) is 1.98. The fraction of sp³-hybridized carbons (Fsp3) is 0.200. The van der Waals surface area contributed by atoms with Gasteiger partial charge in [0.15, 0.2) is 5.01 Å². The van der Waals surface area contributed by atoms with E-state index in [1.165, 1.54) is 11.3 Å². The third-order valence-corrected chi connectivity index (χ3v) is 2.85. The number of rotatable bonds is 2. The number of aromatic nitrogens is 2. The van der Waals surface area contributed by atoms with Crippen molar-refractivity contribution in [2.75, 3.05) is 12.8 Å². The van der Waals surface area contributed by atoms with Gasteiger partial charge in [0.05, 0.1) is 12.7 Å². The van der Waals surface area contributed by atoms with Gasteiger partial charge in [-0.2, -0.15) is 0 Å². The Bertz CT molecular complexity index is 481. The molecule has 1 heterocycles. The van der Waals surface area contributed by atoms with Gasteiger partial charge >= 0.3 is 0 Å². The first-order valence-electron chi connectivity index (χ1n) is 4.44. The zero-order valence-electron chi connectivity index (χ0n) is 8.52. The van der Waals surface area contributed by atoms with E-state index in [1.54, 1.807) is 13.2 Å². The molecule has 0 unspecified atom stereocenters. The summed E-state index contributed by atoms with van der Waals surface area (Å²) in [4.78, 5) is 0. The number of nitrogen functional groups attached to an aromatic ring is 1. The molecule has 1 aromatic carbocycles. The van der Waals surface area contributed by atoms with E-state index in [-0.39, 0.29) is 0 Å². The molecule has 0 aliphatic heterocycles. The molecule has 78 valence electrons. The number of ether oxygens (including phenoxy) is 1. The van der Waals surface area contributed by atoms with Crippen molar-refractivity contribution in [3.05, 3.63) is 23.2 Å². The van der Waals surface area contributed by atoms with Gasteiger partial charge in [-0.3, -0.25) is 0 Å². The predicted octanol–water partition coefficient (Wildman–Crippen LogP) is 2.10. The summed E-state index contributed by atoms with van der Waals surface area (Å²) in [7, 11) is 1.63. The van der Waals surface area contributed by atoms with Crippen LogP contribution in [0.2, 0.25) is 0 Å². The Morgan fingerprint density at radius 1 is 1.33 bits per heavy atom. The summed E-state index contributed by atoms with van der Waals surface area (Å²) in [5, 5.41) is 9.79. The van der Waals surface area contributed by atoms with Gasteiger partial charge in [0.1, 0.15) is 10.8 Å². The van der Waals surface area contributed by atoms with Crippen LogP contribution < -0.4 is 10.5 Å². The van der Waals surface area contributed by atoms with Crippen molar-refractivity contribution in [1.82, 2.24) is 10.2 Å². The zero-order chi connectivity index (χ0) is 10.8. The maximum absolute atomic E-state index is 5.73. The minimum absolute atomic E-state index is 0.693. The van der Waals surface area contributed by atoms with E-state index < -0.39 is 0 Å². The molecule has 0 fully saturated rings. The van der Waals surface area contributed by atoms with E-state index >= 15 is 0 Å². The van der Waals surface area contributed by atoms with Crippen molar-refractivity contribution in [2.24, 2.45) is 0 Å². The van der Waals surface area contributed by atoms with Crippen LogP contribution in [0, 0.1) is 6.92 Å². The summed E-state index contributed by atoms with van der Waals surface area (Å²) in [6, 6.07) is 5.48. The van der Waals surface area contributed by atoms with Gasteiger partial charge in [0.25, 0.3) is 0 Å². The minimum atomic E-state index is 0.693. The fourth-order valence-electron chi connectivity index (χ4n) is 1.30. The SMILES string of the molecule is COc1ccc(N)cc1-c1nnc(C)s1. The Balaban J connectivity index is 2.55. The minimum Gasteiger partial charge on any atom is -0.496 e. The number of methoxy groups -OCH3 is 1. The Morgan fingerprint density at radius 3 is 2.73 bits per heavy atom. The molecule has 0 aliphatic rings. The maximum atomic E-state index is 5.73. The lowest BCUT2D eigenvalue weighted by atomic mass is 10.2. The number of benzene rings is 1. The number of nitrogens with zero attached hydrogens (tertiary/aromatic N) is 2. The van der Waals surface area contributed by atoms with Crippen molar-refractivity contribution in [1.29, 1.82) is 0 Å². The molecule has 5 heteroatoms. The molecule has 1 aromatic heterocycles. The Labute approximate surface area is 91.7 Å². The van der Waals surface area contributed by atoms with Crippen LogP contribution in [0.3, 0.4) is 0 Å². The summed E-state index contributed by atoms with van der Waals surface area (Å²) < 4.78 is 5.25. The van der Waals surface area contributed by atoms with Crippen LogP contribution in [-0.2, 0) is 0 Å². The molecule has 15 heavy (non-hydrogen) atoms. The summed E-state index contributed by atoms with van der Waals surface area (Å²) >= 11 is 1.52. The average molecular weight is 221 g/mol. The first kappa shape index (κ1) is 9.92. The van der Waals surface area contributed by atoms with Crippen LogP contribution >= 0.6 is 11.3 Å². The fourth-order valence-corrected chi connectivity index (χ4v) is 2.01. The first-order valence-corrected chi connectivity index (χ1v) is 5.26. The van der Waals surface area contributed by atoms with Crippen LogP contribution in [0.1, 0.15) is 5.01 Å². The van der Waals surface area contributed by atoms with Crippen molar-refractivity contribution in [3.63, 3.8) is 0 Å². The number of anilines is 1. The Morgan fingerprint density at radius 2 is 2.13 bits per heavy atom. The monoisotopic (exact) mass is 221 g/mol. The first-order chi connectivity index (χ1) is 7.20. The van der Waals surface area contributed by atoms with Crippen molar-refractivity contribution < 1.29 is 4.74 Å². The molecular formula is C10H11N3OS. The van der Waals surface area contributed by atoms with Crippen LogP contribution in [0.5, 0.6) is 5.75 Å². The number of hydrogen-bond acceptors (Lipinski definition) is 5. The topological polar surface area (TPSA) is 61.0 Å². The lowest BCUT2D eigenvalue weighted by Crippen LogP contribution is -1.90. The number of aryl methyl sites for hydroxylation is 1. The summed E-state index contributed by atoms with van der Waals surface area (Å²) in [6.45, 7) is 1.92. The van der Waals surface area contributed by atoms with Gasteiger partial charge in [-0.05, 0) is 25.1 Å². The van der Waals surface area contributed by atoms with Gasteiger partial charge in [0, 0.05) is 5.69 Å². The highest BCUT2D eigenvalue weighted by molar-refractivity contribution is 7.14. The van der Waals surface area contributed by atoms with Crippen LogP contribution in [0.15, 0.2) is 18.2 Å². The molecule has 2 aromatic rings. The average Bonchev–Trinajstić information content (AvgIpc) is 2.65. The molecule has 0 saturated heterocycles. The lowest BCUT2D eigenvalue weighted by Gasteiger charge is -2.05. The maximum Gasteiger partial charge on any atom is 0.151 e.